The molecule has 0 aliphatic rings. The normalized spacial score (nSPS) is 10.1. The van der Waals surface area contributed by atoms with Crippen molar-refractivity contribution in [2.75, 3.05) is 0 Å². The summed E-state index contributed by atoms with van der Waals surface area (Å²) in [7, 11) is 0. The van der Waals surface area contributed by atoms with E-state index < -0.39 is 5.82 Å². The van der Waals surface area contributed by atoms with Crippen molar-refractivity contribution in [2.24, 2.45) is 0 Å². The van der Waals surface area contributed by atoms with Crippen LogP contribution in [0.25, 0.3) is 0 Å². The maximum Gasteiger partial charge on any atom is 0.196 e. The van der Waals surface area contributed by atoms with Crippen molar-refractivity contribution in [1.29, 1.82) is 0 Å². The van der Waals surface area contributed by atoms with Crippen LogP contribution in [0.5, 0.6) is 0 Å². The second kappa shape index (κ2) is 4.37. The van der Waals surface area contributed by atoms with Gasteiger partial charge in [0.1, 0.15) is 12.1 Å². The van der Waals surface area contributed by atoms with E-state index in [0.717, 1.165) is 6.07 Å². The van der Waals surface area contributed by atoms with E-state index in [9.17, 15) is 9.18 Å². The number of ketones is 1. The van der Waals surface area contributed by atoms with Gasteiger partial charge in [-0.2, -0.15) is 0 Å². The van der Waals surface area contributed by atoms with E-state index >= 15 is 0 Å². The molecular formula is C11H6ClFN2O. The molecule has 3 nitrogen and oxygen atoms in total. The van der Waals surface area contributed by atoms with E-state index in [1.54, 1.807) is 0 Å². The van der Waals surface area contributed by atoms with Gasteiger partial charge in [0.2, 0.25) is 0 Å². The van der Waals surface area contributed by atoms with Crippen LogP contribution in [-0.2, 0) is 0 Å². The SMILES string of the molecule is O=C(c1cncnc1)c1ccc(Cl)c(F)c1. The van der Waals surface area contributed by atoms with Crippen LogP contribution in [0.2, 0.25) is 5.02 Å². The lowest BCUT2D eigenvalue weighted by Gasteiger charge is -2.01. The monoisotopic (exact) mass is 236 g/mol. The molecule has 80 valence electrons. The second-order valence-electron chi connectivity index (χ2n) is 3.09. The Hall–Kier alpha value is -1.81. The Labute approximate surface area is 95.9 Å². The van der Waals surface area contributed by atoms with E-state index in [1.807, 2.05) is 0 Å². The van der Waals surface area contributed by atoms with Gasteiger partial charge in [0, 0.05) is 18.0 Å². The predicted octanol–water partition coefficient (Wildman–Crippen LogP) is 2.50. The largest absolute Gasteiger partial charge is 0.288 e. The van der Waals surface area contributed by atoms with Gasteiger partial charge in [-0.25, -0.2) is 14.4 Å². The third kappa shape index (κ3) is 2.06. The number of carbonyl (C=O) groups excluding carboxylic acids is 1. The molecule has 0 atom stereocenters. The minimum absolute atomic E-state index is 0.0131. The minimum atomic E-state index is -0.621. The van der Waals surface area contributed by atoms with Crippen LogP contribution in [0.3, 0.4) is 0 Å². The zero-order valence-electron chi connectivity index (χ0n) is 8.02. The summed E-state index contributed by atoms with van der Waals surface area (Å²) in [4.78, 5) is 19.3. The Morgan fingerprint density at radius 1 is 1.19 bits per heavy atom. The molecule has 0 unspecified atom stereocenters. The molecule has 0 spiro atoms. The van der Waals surface area contributed by atoms with Gasteiger partial charge in [-0.15, -0.1) is 0 Å². The highest BCUT2D eigenvalue weighted by Crippen LogP contribution is 2.17. The van der Waals surface area contributed by atoms with Crippen LogP contribution in [-0.4, -0.2) is 15.8 Å². The summed E-state index contributed by atoms with van der Waals surface area (Å²) in [6.07, 6.45) is 4.07. The van der Waals surface area contributed by atoms with Crippen LogP contribution < -0.4 is 0 Å². The van der Waals surface area contributed by atoms with Crippen LogP contribution in [0.4, 0.5) is 4.39 Å². The van der Waals surface area contributed by atoms with E-state index in [0.29, 0.717) is 5.56 Å². The Balaban J connectivity index is 2.39. The first kappa shape index (κ1) is 10.7. The van der Waals surface area contributed by atoms with Gasteiger partial charge in [-0.3, -0.25) is 4.79 Å². The van der Waals surface area contributed by atoms with Gasteiger partial charge in [0.15, 0.2) is 5.78 Å². The zero-order chi connectivity index (χ0) is 11.5. The molecule has 5 heteroatoms. The van der Waals surface area contributed by atoms with Crippen molar-refractivity contribution in [3.63, 3.8) is 0 Å². The molecule has 0 N–H and O–H groups in total. The van der Waals surface area contributed by atoms with Crippen LogP contribution >= 0.6 is 11.6 Å². The number of hydrogen-bond donors (Lipinski definition) is 0. The molecule has 0 fully saturated rings. The van der Waals surface area contributed by atoms with Gasteiger partial charge in [-0.1, -0.05) is 11.6 Å². The lowest BCUT2D eigenvalue weighted by molar-refractivity contribution is 0.103. The third-order valence-corrected chi connectivity index (χ3v) is 2.31. The highest BCUT2D eigenvalue weighted by atomic mass is 35.5. The molecule has 0 saturated carbocycles. The third-order valence-electron chi connectivity index (χ3n) is 2.00. The first-order chi connectivity index (χ1) is 7.68. The zero-order valence-corrected chi connectivity index (χ0v) is 8.78. The number of hydrogen-bond acceptors (Lipinski definition) is 3. The van der Waals surface area contributed by atoms with Crippen molar-refractivity contribution in [1.82, 2.24) is 9.97 Å². The van der Waals surface area contributed by atoms with E-state index in [1.165, 1.54) is 30.9 Å². The van der Waals surface area contributed by atoms with Gasteiger partial charge in [-0.05, 0) is 18.2 Å². The molecule has 2 rings (SSSR count). The molecule has 0 aliphatic carbocycles. The van der Waals surface area contributed by atoms with Crippen LogP contribution in [0, 0.1) is 5.82 Å². The fourth-order valence-electron chi connectivity index (χ4n) is 1.22. The fraction of sp³-hybridized carbons (Fsp3) is 0. The summed E-state index contributed by atoms with van der Waals surface area (Å²) < 4.78 is 13.1. The summed E-state index contributed by atoms with van der Waals surface area (Å²) in [5, 5.41) is -0.0131. The Bertz CT molecular complexity index is 531. The van der Waals surface area contributed by atoms with E-state index in [4.69, 9.17) is 11.6 Å². The standard InChI is InChI=1S/C11H6ClFN2O/c12-9-2-1-7(3-10(9)13)11(16)8-4-14-6-15-5-8/h1-6H. The Morgan fingerprint density at radius 2 is 1.88 bits per heavy atom. The first-order valence-electron chi connectivity index (χ1n) is 4.43. The number of aromatic nitrogens is 2. The molecule has 2 aromatic rings. The summed E-state index contributed by atoms with van der Waals surface area (Å²) in [5.41, 5.74) is 0.529. The van der Waals surface area contributed by atoms with Gasteiger partial charge < -0.3 is 0 Å². The molecule has 0 saturated heterocycles. The van der Waals surface area contributed by atoms with Crippen LogP contribution in [0.1, 0.15) is 15.9 Å². The molecule has 1 aromatic heterocycles. The average Bonchev–Trinajstić information content (AvgIpc) is 2.33. The van der Waals surface area contributed by atoms with Gasteiger partial charge in [0.05, 0.1) is 10.6 Å². The smallest absolute Gasteiger partial charge is 0.196 e. The average molecular weight is 237 g/mol. The highest BCUT2D eigenvalue weighted by Gasteiger charge is 2.11. The quantitative estimate of drug-likeness (QED) is 0.753. The highest BCUT2D eigenvalue weighted by molar-refractivity contribution is 6.30. The lowest BCUT2D eigenvalue weighted by Crippen LogP contribution is -2.02. The molecule has 1 aromatic carbocycles. The Kier molecular flexibility index (Phi) is 2.92. The molecule has 0 bridgehead atoms. The minimum Gasteiger partial charge on any atom is -0.288 e. The molecule has 0 amide bonds. The summed E-state index contributed by atoms with van der Waals surface area (Å²) in [6, 6.07) is 3.90. The molecular weight excluding hydrogens is 231 g/mol. The second-order valence-corrected chi connectivity index (χ2v) is 3.49. The fourth-order valence-corrected chi connectivity index (χ4v) is 1.34. The first-order valence-corrected chi connectivity index (χ1v) is 4.81. The maximum atomic E-state index is 13.1. The molecule has 0 radical (unpaired) electrons. The van der Waals surface area contributed by atoms with E-state index in [2.05, 4.69) is 9.97 Å². The number of carbonyl (C=O) groups is 1. The molecule has 1 heterocycles. The summed E-state index contributed by atoms with van der Waals surface area (Å²) in [5.74, 6) is -0.958. The number of rotatable bonds is 2. The topological polar surface area (TPSA) is 42.9 Å². The number of benzene rings is 1. The number of halogens is 2. The molecule has 0 aliphatic heterocycles. The summed E-state index contributed by atoms with van der Waals surface area (Å²) in [6.45, 7) is 0. The van der Waals surface area contributed by atoms with Crippen molar-refractivity contribution in [3.05, 3.63) is 58.9 Å². The molecule has 16 heavy (non-hydrogen) atoms. The predicted molar refractivity (Wildman–Crippen MR) is 56.9 cm³/mol. The summed E-state index contributed by atoms with van der Waals surface area (Å²) >= 11 is 5.52. The van der Waals surface area contributed by atoms with Crippen molar-refractivity contribution in [2.45, 2.75) is 0 Å². The van der Waals surface area contributed by atoms with Crippen molar-refractivity contribution < 1.29 is 9.18 Å². The van der Waals surface area contributed by atoms with Crippen molar-refractivity contribution >= 4 is 17.4 Å². The Morgan fingerprint density at radius 3 is 2.50 bits per heavy atom. The van der Waals surface area contributed by atoms with E-state index in [-0.39, 0.29) is 16.4 Å². The van der Waals surface area contributed by atoms with Crippen molar-refractivity contribution in [3.8, 4) is 0 Å². The number of nitrogens with zero attached hydrogens (tertiary/aromatic N) is 2. The van der Waals surface area contributed by atoms with Gasteiger partial charge >= 0.3 is 0 Å². The maximum absolute atomic E-state index is 13.1. The van der Waals surface area contributed by atoms with Crippen LogP contribution in [0.15, 0.2) is 36.9 Å². The lowest BCUT2D eigenvalue weighted by atomic mass is 10.1. The van der Waals surface area contributed by atoms with Gasteiger partial charge in [0.25, 0.3) is 0 Å².